The summed E-state index contributed by atoms with van der Waals surface area (Å²) in [5, 5.41) is 9.58. The second-order valence-electron chi connectivity index (χ2n) is 10.2. The van der Waals surface area contributed by atoms with Gasteiger partial charge < -0.3 is 9.29 Å². The highest BCUT2D eigenvalue weighted by atomic mass is 35.5. The van der Waals surface area contributed by atoms with Gasteiger partial charge in [-0.15, -0.1) is 0 Å². The summed E-state index contributed by atoms with van der Waals surface area (Å²) in [6, 6.07) is 4.08. The first-order chi connectivity index (χ1) is 20.7. The summed E-state index contributed by atoms with van der Waals surface area (Å²) in [5.74, 6) is -2.02. The molecular weight excluding hydrogens is 688 g/mol. The van der Waals surface area contributed by atoms with Crippen molar-refractivity contribution in [3.63, 3.8) is 0 Å². The maximum atomic E-state index is 14.4. The van der Waals surface area contributed by atoms with Crippen LogP contribution in [0, 0.1) is 11.6 Å². The number of rotatable bonds is 4. The Balaban J connectivity index is 0.000000177. The van der Waals surface area contributed by atoms with E-state index in [0.717, 1.165) is 56.2 Å². The van der Waals surface area contributed by atoms with Gasteiger partial charge in [-0.2, -0.15) is 8.42 Å². The molecule has 2 aliphatic heterocycles. The van der Waals surface area contributed by atoms with E-state index in [2.05, 4.69) is 0 Å². The van der Waals surface area contributed by atoms with Gasteiger partial charge >= 0.3 is 10.1 Å². The highest BCUT2D eigenvalue weighted by Gasteiger charge is 2.27. The molecule has 10 nitrogen and oxygen atoms in total. The van der Waals surface area contributed by atoms with Crippen LogP contribution in [0.15, 0.2) is 33.9 Å². The monoisotopic (exact) mass is 710 g/mol. The van der Waals surface area contributed by atoms with Gasteiger partial charge in [0, 0.05) is 37.3 Å². The Bertz CT molecular complexity index is 2020. The first-order valence-corrected chi connectivity index (χ1v) is 16.6. The number of fused-ring (bicyclic) bond motifs is 2. The fraction of sp³-hybridized carbons (Fsp3) is 0.333. The number of aromatic hydroxyl groups is 1. The minimum atomic E-state index is -3.86. The van der Waals surface area contributed by atoms with Gasteiger partial charge in [-0.1, -0.05) is 46.4 Å². The quantitative estimate of drug-likeness (QED) is 0.254. The van der Waals surface area contributed by atoms with Crippen molar-refractivity contribution in [3.8, 4) is 33.8 Å². The first-order valence-electron chi connectivity index (χ1n) is 13.2. The molecule has 0 unspecified atom stereocenters. The summed E-state index contributed by atoms with van der Waals surface area (Å²) in [6.45, 7) is 2.21. The Labute approximate surface area is 269 Å². The summed E-state index contributed by atoms with van der Waals surface area (Å²) in [5.41, 5.74) is -0.940. The first kappa shape index (κ1) is 32.4. The molecule has 2 aliphatic rings. The topological polar surface area (TPSA) is 117 Å². The molecule has 44 heavy (non-hydrogen) atoms. The molecule has 0 spiro atoms. The fourth-order valence-corrected chi connectivity index (χ4v) is 6.75. The van der Waals surface area contributed by atoms with E-state index in [0.29, 0.717) is 26.2 Å². The van der Waals surface area contributed by atoms with Crippen LogP contribution >= 0.6 is 46.4 Å². The molecule has 236 valence electrons. The number of hydrogen-bond acceptors (Lipinski definition) is 6. The van der Waals surface area contributed by atoms with Crippen molar-refractivity contribution in [1.82, 2.24) is 18.7 Å². The zero-order valence-corrected chi connectivity index (χ0v) is 26.8. The summed E-state index contributed by atoms with van der Waals surface area (Å²) < 4.78 is 62.0. The number of halogens is 6. The normalized spacial score (nSPS) is 14.4. The van der Waals surface area contributed by atoms with Crippen molar-refractivity contribution in [3.05, 3.63) is 77.0 Å². The average molecular weight is 712 g/mol. The average Bonchev–Trinajstić information content (AvgIpc) is 3.36. The third-order valence-corrected chi connectivity index (χ3v) is 9.01. The van der Waals surface area contributed by atoms with Gasteiger partial charge in [-0.05, 0) is 49.9 Å². The van der Waals surface area contributed by atoms with Crippen LogP contribution in [0.2, 0.25) is 20.4 Å². The van der Waals surface area contributed by atoms with Crippen molar-refractivity contribution < 1.29 is 26.5 Å². The molecule has 0 bridgehead atoms. The molecule has 0 saturated heterocycles. The predicted molar refractivity (Wildman–Crippen MR) is 164 cm³/mol. The van der Waals surface area contributed by atoms with Crippen LogP contribution in [0.1, 0.15) is 25.7 Å². The van der Waals surface area contributed by atoms with E-state index in [1.807, 2.05) is 0 Å². The number of hydrogen-bond donors (Lipinski definition) is 1. The zero-order valence-electron chi connectivity index (χ0n) is 22.9. The van der Waals surface area contributed by atoms with Crippen molar-refractivity contribution in [2.75, 3.05) is 6.26 Å². The molecule has 2 aromatic carbocycles. The van der Waals surface area contributed by atoms with Crippen LogP contribution in [-0.4, -0.2) is 38.5 Å². The molecule has 4 aromatic rings. The summed E-state index contributed by atoms with van der Waals surface area (Å²) in [6.07, 6.45) is 4.32. The van der Waals surface area contributed by atoms with E-state index in [1.165, 1.54) is 9.36 Å². The lowest BCUT2D eigenvalue weighted by molar-refractivity contribution is 0.356. The number of aromatic nitrogens is 4. The highest BCUT2D eigenvalue weighted by Crippen LogP contribution is 2.37. The van der Waals surface area contributed by atoms with Crippen LogP contribution in [0.25, 0.3) is 22.3 Å². The molecule has 6 rings (SSSR count). The van der Waals surface area contributed by atoms with Crippen LogP contribution in [-0.2, 0) is 36.3 Å². The van der Waals surface area contributed by atoms with Gasteiger partial charge in [-0.25, -0.2) is 18.1 Å². The van der Waals surface area contributed by atoms with Crippen LogP contribution in [0.5, 0.6) is 11.5 Å². The van der Waals surface area contributed by atoms with E-state index in [4.69, 9.17) is 50.6 Å². The van der Waals surface area contributed by atoms with Gasteiger partial charge in [0.2, 0.25) is 0 Å². The van der Waals surface area contributed by atoms with E-state index in [1.54, 1.807) is 9.36 Å². The van der Waals surface area contributed by atoms with Gasteiger partial charge in [0.25, 0.3) is 11.1 Å². The van der Waals surface area contributed by atoms with Crippen molar-refractivity contribution in [2.45, 2.75) is 51.9 Å². The Morgan fingerprint density at radius 3 is 1.55 bits per heavy atom. The lowest BCUT2D eigenvalue weighted by Gasteiger charge is -2.17. The van der Waals surface area contributed by atoms with Gasteiger partial charge in [0.05, 0.1) is 27.4 Å². The lowest BCUT2D eigenvalue weighted by Crippen LogP contribution is -2.27. The second kappa shape index (κ2) is 12.4. The van der Waals surface area contributed by atoms with Gasteiger partial charge in [0.15, 0.2) is 5.75 Å². The highest BCUT2D eigenvalue weighted by molar-refractivity contribution is 7.86. The summed E-state index contributed by atoms with van der Waals surface area (Å²) in [4.78, 5) is 24.9. The lowest BCUT2D eigenvalue weighted by atomic mass is 10.1. The van der Waals surface area contributed by atoms with Crippen LogP contribution in [0.3, 0.4) is 0 Å². The predicted octanol–water partition coefficient (Wildman–Crippen LogP) is 6.16. The Hall–Kier alpha value is -2.97. The second-order valence-corrected chi connectivity index (χ2v) is 13.3. The van der Waals surface area contributed by atoms with E-state index in [-0.39, 0.29) is 59.7 Å². The smallest absolute Gasteiger partial charge is 0.306 e. The maximum absolute atomic E-state index is 14.4. The number of nitrogens with zero attached hydrogens (tertiary/aromatic N) is 4. The molecular formula is C27H24Cl4F2N4O6S. The molecule has 0 saturated carbocycles. The minimum Gasteiger partial charge on any atom is -0.506 e. The van der Waals surface area contributed by atoms with Gasteiger partial charge in [0.1, 0.15) is 27.7 Å². The van der Waals surface area contributed by atoms with Crippen molar-refractivity contribution in [2.24, 2.45) is 0 Å². The molecule has 2 aromatic heterocycles. The summed E-state index contributed by atoms with van der Waals surface area (Å²) >= 11 is 23.9. The van der Waals surface area contributed by atoms with E-state index >= 15 is 0 Å². The third-order valence-electron chi connectivity index (χ3n) is 7.16. The molecule has 0 radical (unpaired) electrons. The van der Waals surface area contributed by atoms with Gasteiger partial charge in [-0.3, -0.25) is 19.0 Å². The van der Waals surface area contributed by atoms with E-state index in [9.17, 15) is 31.9 Å². The SMILES string of the molecule is CS(=O)(=O)Oc1cc(-c2c(Cl)n3n(c2=O)CCCC3)c(F)cc1Cl.O=c1c(-c2cc(O)c(Cl)cc2F)c(Cl)n2n1CCCC2. The zero-order chi connectivity index (χ0) is 32.1. The van der Waals surface area contributed by atoms with Crippen molar-refractivity contribution in [1.29, 1.82) is 0 Å². The summed E-state index contributed by atoms with van der Waals surface area (Å²) in [7, 11) is -3.86. The standard InChI is InChI=1S/C14H13Cl2FN2O4S.C13H11Cl2FN2O2/c1-24(21,22)23-11-6-8(10(17)7-9(11)15)12-13(16)18-4-2-3-5-19(18)14(12)20;14-8-6-9(16)7(5-10(8)19)11-12(15)17-3-1-2-4-18(17)13(11)20/h6-7H,2-5H2,1H3;5-6,19H,1-4H2. The van der Waals surface area contributed by atoms with Crippen LogP contribution < -0.4 is 15.3 Å². The Kier molecular flexibility index (Phi) is 9.16. The molecule has 1 N–H and O–H groups in total. The molecule has 0 amide bonds. The van der Waals surface area contributed by atoms with Crippen molar-refractivity contribution >= 4 is 56.5 Å². The Morgan fingerprint density at radius 1 is 0.705 bits per heavy atom. The maximum Gasteiger partial charge on any atom is 0.306 e. The van der Waals surface area contributed by atoms with Crippen LogP contribution in [0.4, 0.5) is 8.78 Å². The molecule has 0 atom stereocenters. The molecule has 17 heteroatoms. The molecule has 4 heterocycles. The van der Waals surface area contributed by atoms with E-state index < -0.39 is 27.3 Å². The Morgan fingerprint density at radius 2 is 1.11 bits per heavy atom. The third kappa shape index (κ3) is 6.12. The molecule has 0 aliphatic carbocycles. The number of benzene rings is 2. The number of phenols is 1. The molecule has 0 fully saturated rings. The fourth-order valence-electron chi connectivity index (χ4n) is 5.18. The largest absolute Gasteiger partial charge is 0.506 e. The number of phenolic OH excluding ortho intramolecular Hbond substituents is 1. The minimum absolute atomic E-state index is 0.0312.